The molecule has 0 aliphatic carbocycles. The molecular formula is C10H14N4. The van der Waals surface area contributed by atoms with Gasteiger partial charge >= 0.3 is 0 Å². The number of fused-ring (bicyclic) bond motifs is 1. The van der Waals surface area contributed by atoms with Crippen LogP contribution in [0.5, 0.6) is 0 Å². The van der Waals surface area contributed by atoms with Crippen LogP contribution in [0.3, 0.4) is 0 Å². The summed E-state index contributed by atoms with van der Waals surface area (Å²) in [6.07, 6.45) is 3.52. The molecule has 2 aromatic heterocycles. The van der Waals surface area contributed by atoms with E-state index in [0.29, 0.717) is 11.6 Å². The molecule has 14 heavy (non-hydrogen) atoms. The Labute approximate surface area is 82.3 Å². The van der Waals surface area contributed by atoms with Crippen LogP contribution in [0.4, 0.5) is 11.4 Å². The first kappa shape index (κ1) is 8.87. The maximum Gasteiger partial charge on any atom is 0.141 e. The van der Waals surface area contributed by atoms with E-state index in [0.717, 1.165) is 22.3 Å². The maximum atomic E-state index is 6.03. The lowest BCUT2D eigenvalue weighted by Crippen LogP contribution is -1.99. The van der Waals surface area contributed by atoms with Gasteiger partial charge in [-0.1, -0.05) is 13.8 Å². The number of nitrogens with zero attached hydrogens (tertiary/aromatic N) is 1. The highest BCUT2D eigenvalue weighted by molar-refractivity contribution is 5.99. The lowest BCUT2D eigenvalue weighted by Gasteiger charge is -2.09. The highest BCUT2D eigenvalue weighted by atomic mass is 14.9. The summed E-state index contributed by atoms with van der Waals surface area (Å²) in [5.74, 6) is 0.362. The molecule has 0 saturated carbocycles. The SMILES string of the molecule is CC(C)c1cnc2[nH]cc(N)c2c1N. The molecule has 0 aromatic carbocycles. The quantitative estimate of drug-likeness (QED) is 0.642. The van der Waals surface area contributed by atoms with Gasteiger partial charge in [0, 0.05) is 18.1 Å². The summed E-state index contributed by atoms with van der Waals surface area (Å²) >= 11 is 0. The van der Waals surface area contributed by atoms with E-state index < -0.39 is 0 Å². The molecule has 2 aromatic rings. The minimum absolute atomic E-state index is 0.362. The summed E-state index contributed by atoms with van der Waals surface area (Å²) < 4.78 is 0. The average Bonchev–Trinajstić information content (AvgIpc) is 2.48. The van der Waals surface area contributed by atoms with Crippen LogP contribution in [0.2, 0.25) is 0 Å². The number of nitrogen functional groups attached to an aromatic ring is 2. The molecule has 0 aliphatic rings. The molecule has 0 amide bonds. The van der Waals surface area contributed by atoms with Gasteiger partial charge in [0.15, 0.2) is 0 Å². The second kappa shape index (κ2) is 2.90. The van der Waals surface area contributed by atoms with E-state index in [4.69, 9.17) is 11.5 Å². The van der Waals surface area contributed by atoms with E-state index >= 15 is 0 Å². The monoisotopic (exact) mass is 190 g/mol. The minimum atomic E-state index is 0.362. The Bertz CT molecular complexity index is 470. The molecule has 4 heteroatoms. The highest BCUT2D eigenvalue weighted by Crippen LogP contribution is 2.31. The third-order valence-electron chi connectivity index (χ3n) is 2.42. The normalized spacial score (nSPS) is 11.4. The van der Waals surface area contributed by atoms with Crippen LogP contribution in [-0.2, 0) is 0 Å². The smallest absolute Gasteiger partial charge is 0.141 e. The standard InChI is InChI=1S/C10H14N4/c1-5(2)6-3-13-10-8(9(6)12)7(11)4-14-10/h3-5H,11H2,1-2H3,(H3,12,13,14). The van der Waals surface area contributed by atoms with Gasteiger partial charge in [-0.15, -0.1) is 0 Å². The Balaban J connectivity index is 2.79. The fourth-order valence-corrected chi connectivity index (χ4v) is 1.62. The fourth-order valence-electron chi connectivity index (χ4n) is 1.62. The Morgan fingerprint density at radius 1 is 1.36 bits per heavy atom. The summed E-state index contributed by atoms with van der Waals surface area (Å²) in [7, 11) is 0. The number of aromatic nitrogens is 2. The van der Waals surface area contributed by atoms with Crippen LogP contribution >= 0.6 is 0 Å². The molecule has 0 fully saturated rings. The van der Waals surface area contributed by atoms with Crippen LogP contribution in [0.15, 0.2) is 12.4 Å². The summed E-state index contributed by atoms with van der Waals surface area (Å²) in [5, 5.41) is 0.844. The van der Waals surface area contributed by atoms with Crippen molar-refractivity contribution >= 4 is 22.4 Å². The minimum Gasteiger partial charge on any atom is -0.398 e. The lowest BCUT2D eigenvalue weighted by atomic mass is 10.0. The van der Waals surface area contributed by atoms with Crippen molar-refractivity contribution in [3.8, 4) is 0 Å². The van der Waals surface area contributed by atoms with Gasteiger partial charge < -0.3 is 16.5 Å². The first-order chi connectivity index (χ1) is 6.61. The van der Waals surface area contributed by atoms with E-state index in [2.05, 4.69) is 23.8 Å². The number of anilines is 2. The second-order valence-electron chi connectivity index (χ2n) is 3.75. The van der Waals surface area contributed by atoms with Gasteiger partial charge in [0.2, 0.25) is 0 Å². The van der Waals surface area contributed by atoms with Gasteiger partial charge in [0.25, 0.3) is 0 Å². The fraction of sp³-hybridized carbons (Fsp3) is 0.300. The molecule has 0 saturated heterocycles. The van der Waals surface area contributed by atoms with Gasteiger partial charge in [-0.3, -0.25) is 0 Å². The number of pyridine rings is 1. The van der Waals surface area contributed by atoms with E-state index in [9.17, 15) is 0 Å². The number of hydrogen-bond donors (Lipinski definition) is 3. The predicted molar refractivity (Wildman–Crippen MR) is 59.0 cm³/mol. The topological polar surface area (TPSA) is 80.7 Å². The predicted octanol–water partition coefficient (Wildman–Crippen LogP) is 1.85. The third-order valence-corrected chi connectivity index (χ3v) is 2.42. The Morgan fingerprint density at radius 2 is 2.07 bits per heavy atom. The first-order valence-electron chi connectivity index (χ1n) is 4.62. The molecular weight excluding hydrogens is 176 g/mol. The number of H-pyrrole nitrogens is 1. The molecule has 0 aliphatic heterocycles. The van der Waals surface area contributed by atoms with Crippen molar-refractivity contribution in [2.75, 3.05) is 11.5 Å². The zero-order valence-corrected chi connectivity index (χ0v) is 8.33. The second-order valence-corrected chi connectivity index (χ2v) is 3.75. The summed E-state index contributed by atoms with van der Waals surface area (Å²) in [5.41, 5.74) is 15.0. The summed E-state index contributed by atoms with van der Waals surface area (Å²) in [6.45, 7) is 4.17. The molecule has 0 spiro atoms. The first-order valence-corrected chi connectivity index (χ1v) is 4.62. The van der Waals surface area contributed by atoms with Crippen molar-refractivity contribution in [3.63, 3.8) is 0 Å². The largest absolute Gasteiger partial charge is 0.398 e. The number of nitrogens with one attached hydrogen (secondary N) is 1. The number of aromatic amines is 1. The number of hydrogen-bond acceptors (Lipinski definition) is 3. The molecule has 0 atom stereocenters. The van der Waals surface area contributed by atoms with E-state index in [-0.39, 0.29) is 0 Å². The van der Waals surface area contributed by atoms with Gasteiger partial charge in [0.05, 0.1) is 11.1 Å². The average molecular weight is 190 g/mol. The maximum absolute atomic E-state index is 6.03. The Hall–Kier alpha value is -1.71. The third kappa shape index (κ3) is 1.11. The van der Waals surface area contributed by atoms with Crippen molar-refractivity contribution in [1.82, 2.24) is 9.97 Å². The van der Waals surface area contributed by atoms with Gasteiger partial charge in [-0.25, -0.2) is 4.98 Å². The molecule has 0 bridgehead atoms. The molecule has 74 valence electrons. The molecule has 2 heterocycles. The molecule has 5 N–H and O–H groups in total. The van der Waals surface area contributed by atoms with Crippen LogP contribution in [-0.4, -0.2) is 9.97 Å². The Kier molecular flexibility index (Phi) is 1.84. The Morgan fingerprint density at radius 3 is 2.71 bits per heavy atom. The van der Waals surface area contributed by atoms with Crippen molar-refractivity contribution < 1.29 is 0 Å². The number of nitrogens with two attached hydrogens (primary N) is 2. The number of rotatable bonds is 1. The van der Waals surface area contributed by atoms with Gasteiger partial charge in [0.1, 0.15) is 5.65 Å². The van der Waals surface area contributed by atoms with Crippen molar-refractivity contribution in [3.05, 3.63) is 18.0 Å². The van der Waals surface area contributed by atoms with Crippen LogP contribution < -0.4 is 11.5 Å². The molecule has 2 rings (SSSR count). The van der Waals surface area contributed by atoms with Crippen molar-refractivity contribution in [2.24, 2.45) is 0 Å². The lowest BCUT2D eigenvalue weighted by molar-refractivity contribution is 0.865. The van der Waals surface area contributed by atoms with Crippen LogP contribution in [0.1, 0.15) is 25.3 Å². The highest BCUT2D eigenvalue weighted by Gasteiger charge is 2.11. The zero-order valence-electron chi connectivity index (χ0n) is 8.33. The van der Waals surface area contributed by atoms with E-state index in [1.807, 2.05) is 0 Å². The van der Waals surface area contributed by atoms with Crippen molar-refractivity contribution in [1.29, 1.82) is 0 Å². The summed E-state index contributed by atoms with van der Waals surface area (Å²) in [6, 6.07) is 0. The van der Waals surface area contributed by atoms with Crippen molar-refractivity contribution in [2.45, 2.75) is 19.8 Å². The van der Waals surface area contributed by atoms with Crippen LogP contribution in [0, 0.1) is 0 Å². The van der Waals surface area contributed by atoms with Crippen LogP contribution in [0.25, 0.3) is 11.0 Å². The molecule has 0 radical (unpaired) electrons. The van der Waals surface area contributed by atoms with Gasteiger partial charge in [-0.05, 0) is 11.5 Å². The van der Waals surface area contributed by atoms with E-state index in [1.54, 1.807) is 12.4 Å². The van der Waals surface area contributed by atoms with Gasteiger partial charge in [-0.2, -0.15) is 0 Å². The van der Waals surface area contributed by atoms with E-state index in [1.165, 1.54) is 0 Å². The summed E-state index contributed by atoms with van der Waals surface area (Å²) in [4.78, 5) is 7.25. The molecule has 4 nitrogen and oxygen atoms in total. The molecule has 0 unspecified atom stereocenters. The zero-order chi connectivity index (χ0) is 10.3.